The van der Waals surface area contributed by atoms with Crippen molar-refractivity contribution in [3.05, 3.63) is 81.7 Å². The second kappa shape index (κ2) is 12.5. The van der Waals surface area contributed by atoms with E-state index in [0.717, 1.165) is 36.5 Å². The Kier molecular flexibility index (Phi) is 9.11. The summed E-state index contributed by atoms with van der Waals surface area (Å²) in [4.78, 5) is 31.2. The van der Waals surface area contributed by atoms with E-state index >= 15 is 0 Å². The molecule has 9 nitrogen and oxygen atoms in total. The van der Waals surface area contributed by atoms with Gasteiger partial charge in [0.2, 0.25) is 5.91 Å². The fraction of sp³-hybridized carbons (Fsp3) is 0.323. The second-order valence-corrected chi connectivity index (χ2v) is 12.1. The average Bonchev–Trinajstić information content (AvgIpc) is 3.40. The summed E-state index contributed by atoms with van der Waals surface area (Å²) in [5.41, 5.74) is 5.29. The topological polar surface area (TPSA) is 135 Å². The molecule has 2 amide bonds. The molecule has 41 heavy (non-hydrogen) atoms. The number of hydrogen-bond donors (Lipinski definition) is 3. The zero-order chi connectivity index (χ0) is 29.7. The first-order valence-electron chi connectivity index (χ1n) is 13.6. The number of carbonyl (C=O) groups is 2. The van der Waals surface area contributed by atoms with Crippen molar-refractivity contribution in [1.29, 1.82) is 5.26 Å². The molecule has 0 atom stereocenters. The van der Waals surface area contributed by atoms with Crippen LogP contribution in [0.5, 0.6) is 0 Å². The number of rotatable bonds is 11. The lowest BCUT2D eigenvalue weighted by Crippen LogP contribution is -2.35. The van der Waals surface area contributed by atoms with Crippen molar-refractivity contribution < 1.29 is 18.0 Å². The molecular formula is C31H35N5O4S. The molecule has 0 bridgehead atoms. The van der Waals surface area contributed by atoms with Crippen molar-refractivity contribution in [1.82, 2.24) is 15.2 Å². The van der Waals surface area contributed by atoms with Crippen LogP contribution in [0.1, 0.15) is 53.1 Å². The maximum Gasteiger partial charge on any atom is 0.256 e. The lowest BCUT2D eigenvalue weighted by atomic mass is 10.0. The molecule has 1 aromatic heterocycles. The Bertz CT molecular complexity index is 1660. The van der Waals surface area contributed by atoms with Gasteiger partial charge in [-0.3, -0.25) is 9.59 Å². The lowest BCUT2D eigenvalue weighted by molar-refractivity contribution is -0.120. The number of fused-ring (bicyclic) bond motifs is 1. The minimum absolute atomic E-state index is 0.0628. The Labute approximate surface area is 241 Å². The number of likely N-dealkylation sites (N-methyl/N-ethyl adjacent to an activating group) is 1. The van der Waals surface area contributed by atoms with Crippen LogP contribution in [0.25, 0.3) is 11.6 Å². The van der Waals surface area contributed by atoms with E-state index in [2.05, 4.69) is 34.4 Å². The van der Waals surface area contributed by atoms with Gasteiger partial charge in [-0.2, -0.15) is 5.26 Å². The number of anilines is 1. The number of aromatic nitrogens is 1. The summed E-state index contributed by atoms with van der Waals surface area (Å²) in [6.45, 7) is 11.2. The van der Waals surface area contributed by atoms with Gasteiger partial charge in [-0.05, 0) is 74.0 Å². The molecule has 0 saturated heterocycles. The minimum atomic E-state index is -3.79. The zero-order valence-electron chi connectivity index (χ0n) is 23.8. The van der Waals surface area contributed by atoms with E-state index in [4.69, 9.17) is 0 Å². The molecule has 0 unspecified atom stereocenters. The zero-order valence-corrected chi connectivity index (χ0v) is 24.6. The van der Waals surface area contributed by atoms with E-state index in [0.29, 0.717) is 40.2 Å². The average molecular weight is 574 g/mol. The molecule has 3 aromatic rings. The van der Waals surface area contributed by atoms with Gasteiger partial charge >= 0.3 is 0 Å². The number of aryl methyl sites for hydroxylation is 1. The van der Waals surface area contributed by atoms with Crippen LogP contribution in [0.3, 0.4) is 0 Å². The molecule has 0 aliphatic carbocycles. The number of H-pyrrole nitrogens is 1. The summed E-state index contributed by atoms with van der Waals surface area (Å²) in [6, 6.07) is 13.2. The van der Waals surface area contributed by atoms with E-state index in [1.165, 1.54) is 12.1 Å². The van der Waals surface area contributed by atoms with Crippen LogP contribution in [0.4, 0.5) is 5.69 Å². The monoisotopic (exact) mass is 573 g/mol. The first kappa shape index (κ1) is 29.8. The molecule has 1 aliphatic heterocycles. The van der Waals surface area contributed by atoms with Gasteiger partial charge in [-0.1, -0.05) is 32.0 Å². The van der Waals surface area contributed by atoms with Gasteiger partial charge in [0, 0.05) is 35.7 Å². The van der Waals surface area contributed by atoms with E-state index in [-0.39, 0.29) is 28.9 Å². The van der Waals surface area contributed by atoms with Gasteiger partial charge < -0.3 is 20.5 Å². The normalized spacial score (nSPS) is 13.8. The van der Waals surface area contributed by atoms with Crippen LogP contribution in [0.2, 0.25) is 0 Å². The summed E-state index contributed by atoms with van der Waals surface area (Å²) >= 11 is 0. The van der Waals surface area contributed by atoms with E-state index in [1.54, 1.807) is 36.4 Å². The van der Waals surface area contributed by atoms with Crippen LogP contribution in [0, 0.1) is 25.2 Å². The summed E-state index contributed by atoms with van der Waals surface area (Å²) in [5, 5.41) is 15.1. The number of hydrogen-bond acceptors (Lipinski definition) is 6. The SMILES string of the molecule is CCN(CC)CCNC(=O)Cc1c(C)[nH]c(/C=C2\C(=O)Nc3ccc(S(=O)(=O)Cc4ccccc4C#N)cc32)c1C. The summed E-state index contributed by atoms with van der Waals surface area (Å²) in [7, 11) is -3.79. The Morgan fingerprint density at radius 2 is 1.85 bits per heavy atom. The predicted octanol–water partition coefficient (Wildman–Crippen LogP) is 3.97. The number of aromatic amines is 1. The first-order chi connectivity index (χ1) is 19.6. The minimum Gasteiger partial charge on any atom is -0.359 e. The molecule has 3 N–H and O–H groups in total. The van der Waals surface area contributed by atoms with Crippen LogP contribution < -0.4 is 10.6 Å². The summed E-state index contributed by atoms with van der Waals surface area (Å²) in [6.07, 6.45) is 1.91. The number of nitrogens with zero attached hydrogens (tertiary/aromatic N) is 2. The van der Waals surface area contributed by atoms with Gasteiger partial charge in [0.25, 0.3) is 5.91 Å². The maximum atomic E-state index is 13.3. The highest BCUT2D eigenvalue weighted by Crippen LogP contribution is 2.36. The number of carbonyl (C=O) groups excluding carboxylic acids is 2. The number of nitriles is 1. The highest BCUT2D eigenvalue weighted by molar-refractivity contribution is 7.90. The third-order valence-electron chi connectivity index (χ3n) is 7.52. The van der Waals surface area contributed by atoms with Gasteiger partial charge in [0.1, 0.15) is 0 Å². The molecule has 4 rings (SSSR count). The maximum absolute atomic E-state index is 13.3. The van der Waals surface area contributed by atoms with Crippen molar-refractivity contribution in [3.63, 3.8) is 0 Å². The van der Waals surface area contributed by atoms with E-state index in [1.807, 2.05) is 19.9 Å². The molecule has 0 saturated carbocycles. The van der Waals surface area contributed by atoms with Gasteiger partial charge in [-0.25, -0.2) is 8.42 Å². The Hall–Kier alpha value is -4.20. The molecule has 0 spiro atoms. The fourth-order valence-electron chi connectivity index (χ4n) is 5.03. The molecule has 2 heterocycles. The molecular weight excluding hydrogens is 538 g/mol. The fourth-order valence-corrected chi connectivity index (χ4v) is 6.43. The first-order valence-corrected chi connectivity index (χ1v) is 15.3. The predicted molar refractivity (Wildman–Crippen MR) is 160 cm³/mol. The number of sulfone groups is 1. The van der Waals surface area contributed by atoms with Gasteiger partial charge in [-0.15, -0.1) is 0 Å². The molecule has 2 aromatic carbocycles. The summed E-state index contributed by atoms with van der Waals surface area (Å²) in [5.74, 6) is -0.740. The van der Waals surface area contributed by atoms with Crippen molar-refractivity contribution in [2.45, 2.75) is 44.8 Å². The van der Waals surface area contributed by atoms with Gasteiger partial charge in [0.15, 0.2) is 9.84 Å². The van der Waals surface area contributed by atoms with Crippen molar-refractivity contribution in [2.75, 3.05) is 31.5 Å². The molecule has 214 valence electrons. The number of amides is 2. The second-order valence-electron chi connectivity index (χ2n) is 10.1. The highest BCUT2D eigenvalue weighted by Gasteiger charge is 2.28. The van der Waals surface area contributed by atoms with Crippen molar-refractivity contribution >= 4 is 39.0 Å². The largest absolute Gasteiger partial charge is 0.359 e. The third-order valence-corrected chi connectivity index (χ3v) is 9.18. The van der Waals surface area contributed by atoms with Crippen LogP contribution in [-0.2, 0) is 31.6 Å². The number of benzene rings is 2. The van der Waals surface area contributed by atoms with Crippen LogP contribution in [0.15, 0.2) is 47.4 Å². The Morgan fingerprint density at radius 3 is 2.56 bits per heavy atom. The Morgan fingerprint density at radius 1 is 1.12 bits per heavy atom. The number of nitrogens with one attached hydrogen (secondary N) is 3. The molecule has 1 aliphatic rings. The standard InChI is InChI=1S/C31H35N5O4S/c1-5-36(6-2)14-13-33-30(37)17-25-20(3)29(34-21(25)4)16-27-26-15-24(11-12-28(26)35-31(27)38)41(39,40)19-23-10-8-7-9-22(23)18-32/h7-12,15-16,34H,5-6,13-14,17,19H2,1-4H3,(H,33,37)(H,35,38)/b27-16-. The molecule has 0 radical (unpaired) electrons. The Balaban J connectivity index is 1.58. The quantitative estimate of drug-likeness (QED) is 0.297. The molecule has 10 heteroatoms. The van der Waals surface area contributed by atoms with Crippen LogP contribution >= 0.6 is 0 Å². The third kappa shape index (κ3) is 6.59. The van der Waals surface area contributed by atoms with Crippen molar-refractivity contribution in [2.24, 2.45) is 0 Å². The lowest BCUT2D eigenvalue weighted by Gasteiger charge is -2.18. The van der Waals surface area contributed by atoms with Gasteiger partial charge in [0.05, 0.1) is 34.3 Å². The van der Waals surface area contributed by atoms with Crippen LogP contribution in [-0.4, -0.2) is 56.3 Å². The smallest absolute Gasteiger partial charge is 0.256 e. The van der Waals surface area contributed by atoms with E-state index < -0.39 is 9.84 Å². The van der Waals surface area contributed by atoms with E-state index in [9.17, 15) is 23.3 Å². The summed E-state index contributed by atoms with van der Waals surface area (Å²) < 4.78 is 26.6. The highest BCUT2D eigenvalue weighted by atomic mass is 32.2. The van der Waals surface area contributed by atoms with Crippen molar-refractivity contribution in [3.8, 4) is 6.07 Å². The molecule has 0 fully saturated rings.